The topological polar surface area (TPSA) is 72.2 Å². The van der Waals surface area contributed by atoms with Crippen LogP contribution >= 0.6 is 22.6 Å². The number of nitrogens with zero attached hydrogens (tertiary/aromatic N) is 1. The van der Waals surface area contributed by atoms with Gasteiger partial charge in [-0.3, -0.25) is 14.9 Å². The van der Waals surface area contributed by atoms with Crippen LogP contribution in [0, 0.1) is 20.6 Å². The van der Waals surface area contributed by atoms with E-state index in [1.165, 1.54) is 12.1 Å². The van der Waals surface area contributed by atoms with Crippen molar-refractivity contribution in [3.63, 3.8) is 0 Å². The summed E-state index contributed by atoms with van der Waals surface area (Å²) in [4.78, 5) is 22.5. The Morgan fingerprint density at radius 2 is 1.85 bits per heavy atom. The van der Waals surface area contributed by atoms with Crippen molar-refractivity contribution in [2.75, 3.05) is 5.32 Å². The van der Waals surface area contributed by atoms with Crippen molar-refractivity contribution in [3.8, 4) is 0 Å². The van der Waals surface area contributed by atoms with Crippen molar-refractivity contribution >= 4 is 39.9 Å². The first kappa shape index (κ1) is 14.4. The number of nitrogens with one attached hydrogen (secondary N) is 1. The van der Waals surface area contributed by atoms with Crippen LogP contribution in [0.25, 0.3) is 0 Å². The number of rotatable bonds is 3. The fraction of sp³-hybridized carbons (Fsp3) is 0.0714. The monoisotopic (exact) mass is 382 g/mol. The van der Waals surface area contributed by atoms with Gasteiger partial charge in [0.25, 0.3) is 11.6 Å². The van der Waals surface area contributed by atoms with Gasteiger partial charge in [-0.2, -0.15) is 0 Å². The highest BCUT2D eigenvalue weighted by Gasteiger charge is 2.16. The van der Waals surface area contributed by atoms with Crippen LogP contribution in [0.1, 0.15) is 15.9 Å². The van der Waals surface area contributed by atoms with Gasteiger partial charge in [-0.1, -0.05) is 6.07 Å². The number of halogens is 1. The molecule has 0 saturated heterocycles. The van der Waals surface area contributed by atoms with Crippen LogP contribution in [0.2, 0.25) is 0 Å². The third kappa shape index (κ3) is 3.32. The molecule has 5 nitrogen and oxygen atoms in total. The van der Waals surface area contributed by atoms with E-state index in [-0.39, 0.29) is 17.3 Å². The number of hydrogen-bond donors (Lipinski definition) is 1. The summed E-state index contributed by atoms with van der Waals surface area (Å²) in [6.45, 7) is 1.76. The van der Waals surface area contributed by atoms with Crippen LogP contribution in [0.15, 0.2) is 42.5 Å². The lowest BCUT2D eigenvalue weighted by Gasteiger charge is -2.07. The molecule has 0 fully saturated rings. The molecule has 2 rings (SSSR count). The predicted molar refractivity (Wildman–Crippen MR) is 84.9 cm³/mol. The molecule has 0 spiro atoms. The second kappa shape index (κ2) is 6.00. The summed E-state index contributed by atoms with van der Waals surface area (Å²) in [6, 6.07) is 11.7. The molecular formula is C14H11IN2O3. The molecule has 2 aromatic carbocycles. The Bertz CT molecular complexity index is 669. The molecule has 0 atom stereocenters. The average Bonchev–Trinajstić information content (AvgIpc) is 2.41. The first-order valence-electron chi connectivity index (χ1n) is 5.79. The van der Waals surface area contributed by atoms with Crippen molar-refractivity contribution in [3.05, 3.63) is 67.3 Å². The number of anilines is 1. The van der Waals surface area contributed by atoms with Gasteiger partial charge in [0, 0.05) is 15.2 Å². The van der Waals surface area contributed by atoms with Crippen molar-refractivity contribution in [2.45, 2.75) is 6.92 Å². The molecule has 0 aromatic heterocycles. The van der Waals surface area contributed by atoms with E-state index >= 15 is 0 Å². The van der Waals surface area contributed by atoms with E-state index in [2.05, 4.69) is 27.9 Å². The van der Waals surface area contributed by atoms with Gasteiger partial charge < -0.3 is 5.32 Å². The van der Waals surface area contributed by atoms with Gasteiger partial charge in [-0.05, 0) is 65.4 Å². The van der Waals surface area contributed by atoms with E-state index in [4.69, 9.17) is 0 Å². The third-order valence-electron chi connectivity index (χ3n) is 2.70. The maximum Gasteiger partial charge on any atom is 0.293 e. The molecule has 0 heterocycles. The second-order valence-corrected chi connectivity index (χ2v) is 5.48. The smallest absolute Gasteiger partial charge is 0.293 e. The Labute approximate surface area is 129 Å². The Balaban J connectivity index is 2.28. The molecule has 6 heteroatoms. The first-order valence-corrected chi connectivity index (χ1v) is 6.87. The summed E-state index contributed by atoms with van der Waals surface area (Å²) in [7, 11) is 0. The van der Waals surface area contributed by atoms with Gasteiger partial charge in [-0.15, -0.1) is 0 Å². The summed E-state index contributed by atoms with van der Waals surface area (Å²) in [5.41, 5.74) is 1.32. The molecule has 1 amide bonds. The summed E-state index contributed by atoms with van der Waals surface area (Å²) >= 11 is 2.14. The molecule has 102 valence electrons. The zero-order valence-electron chi connectivity index (χ0n) is 10.6. The maximum absolute atomic E-state index is 12.0. The highest BCUT2D eigenvalue weighted by molar-refractivity contribution is 14.1. The lowest BCUT2D eigenvalue weighted by molar-refractivity contribution is -0.384. The van der Waals surface area contributed by atoms with E-state index in [1.54, 1.807) is 37.3 Å². The fourth-order valence-electron chi connectivity index (χ4n) is 1.69. The molecule has 1 N–H and O–H groups in total. The van der Waals surface area contributed by atoms with Crippen molar-refractivity contribution in [1.82, 2.24) is 0 Å². The van der Waals surface area contributed by atoms with E-state index in [0.29, 0.717) is 5.56 Å². The second-order valence-electron chi connectivity index (χ2n) is 4.24. The standard InChI is InChI=1S/C14H11IN2O3/c1-9-2-7-12(13(8-9)17(19)20)16-14(18)10-3-5-11(15)6-4-10/h2-8H,1H3,(H,16,18). The summed E-state index contributed by atoms with van der Waals surface area (Å²) in [5.74, 6) is -0.367. The van der Waals surface area contributed by atoms with Gasteiger partial charge in [0.2, 0.25) is 0 Å². The van der Waals surface area contributed by atoms with Crippen LogP contribution in [0.5, 0.6) is 0 Å². The van der Waals surface area contributed by atoms with E-state index in [1.807, 2.05) is 0 Å². The number of aryl methyl sites for hydroxylation is 1. The quantitative estimate of drug-likeness (QED) is 0.499. The highest BCUT2D eigenvalue weighted by Crippen LogP contribution is 2.25. The fourth-order valence-corrected chi connectivity index (χ4v) is 2.05. The molecule has 2 aromatic rings. The lowest BCUT2D eigenvalue weighted by atomic mass is 10.1. The van der Waals surface area contributed by atoms with Crippen LogP contribution < -0.4 is 5.32 Å². The number of carbonyl (C=O) groups excluding carboxylic acids is 1. The normalized spacial score (nSPS) is 10.1. The minimum atomic E-state index is -0.503. The minimum absolute atomic E-state index is 0.108. The SMILES string of the molecule is Cc1ccc(NC(=O)c2ccc(I)cc2)c([N+](=O)[O-])c1. The average molecular weight is 382 g/mol. The van der Waals surface area contributed by atoms with E-state index < -0.39 is 4.92 Å². The molecule has 0 saturated carbocycles. The summed E-state index contributed by atoms with van der Waals surface area (Å²) in [5, 5.41) is 13.6. The van der Waals surface area contributed by atoms with Gasteiger partial charge in [0.1, 0.15) is 5.69 Å². The lowest BCUT2D eigenvalue weighted by Crippen LogP contribution is -2.13. The molecule has 0 unspecified atom stereocenters. The van der Waals surface area contributed by atoms with Gasteiger partial charge in [0.15, 0.2) is 0 Å². The largest absolute Gasteiger partial charge is 0.316 e. The van der Waals surface area contributed by atoms with Crippen LogP contribution in [0.3, 0.4) is 0 Å². The number of benzene rings is 2. The zero-order chi connectivity index (χ0) is 14.7. The number of amides is 1. The number of nitro benzene ring substituents is 1. The first-order chi connectivity index (χ1) is 9.47. The number of nitro groups is 1. The summed E-state index contributed by atoms with van der Waals surface area (Å²) < 4.78 is 1.01. The van der Waals surface area contributed by atoms with Crippen LogP contribution in [-0.2, 0) is 0 Å². The van der Waals surface area contributed by atoms with Crippen molar-refractivity contribution < 1.29 is 9.72 Å². The zero-order valence-corrected chi connectivity index (χ0v) is 12.7. The summed E-state index contributed by atoms with van der Waals surface area (Å²) in [6.07, 6.45) is 0. The van der Waals surface area contributed by atoms with Crippen molar-refractivity contribution in [1.29, 1.82) is 0 Å². The van der Waals surface area contributed by atoms with Crippen LogP contribution in [-0.4, -0.2) is 10.8 Å². The molecule has 0 aliphatic rings. The molecule has 0 radical (unpaired) electrons. The molecule has 0 bridgehead atoms. The minimum Gasteiger partial charge on any atom is -0.316 e. The number of carbonyl (C=O) groups is 1. The molecular weight excluding hydrogens is 371 g/mol. The Kier molecular flexibility index (Phi) is 4.33. The van der Waals surface area contributed by atoms with E-state index in [0.717, 1.165) is 9.13 Å². The van der Waals surface area contributed by atoms with Gasteiger partial charge in [0.05, 0.1) is 4.92 Å². The Hall–Kier alpha value is -1.96. The predicted octanol–water partition coefficient (Wildman–Crippen LogP) is 3.76. The highest BCUT2D eigenvalue weighted by atomic mass is 127. The maximum atomic E-state index is 12.0. The van der Waals surface area contributed by atoms with E-state index in [9.17, 15) is 14.9 Å². The molecule has 20 heavy (non-hydrogen) atoms. The molecule has 0 aliphatic carbocycles. The van der Waals surface area contributed by atoms with Gasteiger partial charge >= 0.3 is 0 Å². The molecule has 0 aliphatic heterocycles. The van der Waals surface area contributed by atoms with Gasteiger partial charge in [-0.25, -0.2) is 0 Å². The third-order valence-corrected chi connectivity index (χ3v) is 3.42. The van der Waals surface area contributed by atoms with Crippen LogP contribution in [0.4, 0.5) is 11.4 Å². The Morgan fingerprint density at radius 3 is 2.45 bits per heavy atom. The Morgan fingerprint density at radius 1 is 1.20 bits per heavy atom. The number of hydrogen-bond acceptors (Lipinski definition) is 3. The van der Waals surface area contributed by atoms with Crippen molar-refractivity contribution in [2.24, 2.45) is 0 Å².